The Morgan fingerprint density at radius 1 is 1.23 bits per heavy atom. The number of amidine groups is 1. The van der Waals surface area contributed by atoms with Crippen LogP contribution in [0.3, 0.4) is 0 Å². The number of fused-ring (bicyclic) bond motifs is 1. The fourth-order valence-electron chi connectivity index (χ4n) is 3.17. The highest BCUT2D eigenvalue weighted by atomic mass is 35.5. The fraction of sp³-hybridized carbons (Fsp3) is 0.294. The van der Waals surface area contributed by atoms with E-state index in [-0.39, 0.29) is 12.1 Å². The molecule has 0 spiro atoms. The zero-order valence-electron chi connectivity index (χ0n) is 12.2. The molecule has 4 rings (SSSR count). The van der Waals surface area contributed by atoms with Crippen molar-refractivity contribution in [1.29, 1.82) is 0 Å². The Balaban J connectivity index is 1.78. The number of thioether (sulfide) groups is 1. The van der Waals surface area contributed by atoms with E-state index >= 15 is 0 Å². The average Bonchev–Trinajstić information content (AvgIpc) is 3.04. The minimum absolute atomic E-state index is 0.0367. The van der Waals surface area contributed by atoms with Crippen molar-refractivity contribution in [2.75, 3.05) is 6.54 Å². The number of halogens is 1. The molecule has 5 heteroatoms. The molecule has 0 saturated carbocycles. The molecule has 0 radical (unpaired) electrons. The first-order valence-electron chi connectivity index (χ1n) is 7.40. The molecule has 1 fully saturated rings. The van der Waals surface area contributed by atoms with E-state index in [0.29, 0.717) is 5.25 Å². The minimum Gasteiger partial charge on any atom is -0.341 e. The van der Waals surface area contributed by atoms with Gasteiger partial charge in [0.2, 0.25) is 0 Å². The first-order chi connectivity index (χ1) is 10.7. The molecule has 0 bridgehead atoms. The molecular weight excluding hydrogens is 314 g/mol. The van der Waals surface area contributed by atoms with Gasteiger partial charge in [-0.15, -0.1) is 0 Å². The quantitative estimate of drug-likeness (QED) is 0.821. The van der Waals surface area contributed by atoms with Gasteiger partial charge in [0.15, 0.2) is 5.17 Å². The number of hydrogen-bond donors (Lipinski definition) is 0. The number of pyridine rings is 1. The van der Waals surface area contributed by atoms with Crippen LogP contribution in [0.5, 0.6) is 0 Å². The van der Waals surface area contributed by atoms with Crippen LogP contribution in [-0.2, 0) is 0 Å². The van der Waals surface area contributed by atoms with E-state index in [1.807, 2.05) is 48.3 Å². The van der Waals surface area contributed by atoms with Gasteiger partial charge in [0, 0.05) is 23.0 Å². The normalized spacial score (nSPS) is 26.9. The van der Waals surface area contributed by atoms with E-state index in [1.54, 1.807) is 0 Å². The molecule has 0 unspecified atom stereocenters. The summed E-state index contributed by atoms with van der Waals surface area (Å²) in [6, 6.07) is 14.4. The van der Waals surface area contributed by atoms with Crippen molar-refractivity contribution in [3.8, 4) is 0 Å². The van der Waals surface area contributed by atoms with Gasteiger partial charge in [-0.05, 0) is 29.8 Å². The predicted octanol–water partition coefficient (Wildman–Crippen LogP) is 4.32. The van der Waals surface area contributed by atoms with Crippen LogP contribution in [0.1, 0.15) is 30.3 Å². The second-order valence-electron chi connectivity index (χ2n) is 5.69. The van der Waals surface area contributed by atoms with Crippen molar-refractivity contribution in [3.05, 3.63) is 64.9 Å². The van der Waals surface area contributed by atoms with Crippen LogP contribution in [0, 0.1) is 0 Å². The van der Waals surface area contributed by atoms with E-state index < -0.39 is 0 Å². The molecule has 112 valence electrons. The second-order valence-corrected chi connectivity index (χ2v) is 7.53. The van der Waals surface area contributed by atoms with Crippen LogP contribution in [0.4, 0.5) is 0 Å². The zero-order chi connectivity index (χ0) is 15.1. The third kappa shape index (κ3) is 2.40. The SMILES string of the molecule is C[C@@H]1CN2C(=N[C@H](c3ccccn3)[C@H]2c2cccc(Cl)c2)S1. The number of nitrogens with zero attached hydrogens (tertiary/aromatic N) is 3. The number of benzene rings is 1. The number of rotatable bonds is 2. The predicted molar refractivity (Wildman–Crippen MR) is 92.4 cm³/mol. The molecular formula is C17H16ClN3S. The summed E-state index contributed by atoms with van der Waals surface area (Å²) < 4.78 is 0. The fourth-order valence-corrected chi connectivity index (χ4v) is 4.46. The van der Waals surface area contributed by atoms with Gasteiger partial charge in [0.1, 0.15) is 6.04 Å². The Kier molecular flexibility index (Phi) is 3.59. The summed E-state index contributed by atoms with van der Waals surface area (Å²) in [5.74, 6) is 0. The smallest absolute Gasteiger partial charge is 0.160 e. The third-order valence-corrected chi connectivity index (χ3v) is 5.41. The highest BCUT2D eigenvalue weighted by molar-refractivity contribution is 8.14. The van der Waals surface area contributed by atoms with Gasteiger partial charge >= 0.3 is 0 Å². The van der Waals surface area contributed by atoms with Gasteiger partial charge in [0.25, 0.3) is 0 Å². The van der Waals surface area contributed by atoms with Crippen LogP contribution in [0.25, 0.3) is 0 Å². The van der Waals surface area contributed by atoms with Crippen molar-refractivity contribution >= 4 is 28.5 Å². The molecule has 3 atom stereocenters. The molecule has 2 aromatic rings. The van der Waals surface area contributed by atoms with Gasteiger partial charge in [-0.2, -0.15) is 0 Å². The molecule has 2 aliphatic heterocycles. The summed E-state index contributed by atoms with van der Waals surface area (Å²) in [6.45, 7) is 3.26. The zero-order valence-corrected chi connectivity index (χ0v) is 13.8. The molecule has 0 N–H and O–H groups in total. The first-order valence-corrected chi connectivity index (χ1v) is 8.65. The summed E-state index contributed by atoms with van der Waals surface area (Å²) in [7, 11) is 0. The molecule has 3 heterocycles. The van der Waals surface area contributed by atoms with Gasteiger partial charge in [-0.1, -0.05) is 48.5 Å². The Morgan fingerprint density at radius 2 is 2.14 bits per heavy atom. The molecule has 22 heavy (non-hydrogen) atoms. The van der Waals surface area contributed by atoms with Gasteiger partial charge < -0.3 is 4.90 Å². The molecule has 1 saturated heterocycles. The maximum atomic E-state index is 6.21. The van der Waals surface area contributed by atoms with E-state index in [0.717, 1.165) is 22.4 Å². The molecule has 1 aromatic carbocycles. The van der Waals surface area contributed by atoms with Crippen molar-refractivity contribution in [2.45, 2.75) is 24.3 Å². The minimum atomic E-state index is 0.0367. The van der Waals surface area contributed by atoms with Crippen LogP contribution < -0.4 is 0 Å². The van der Waals surface area contributed by atoms with Crippen LogP contribution >= 0.6 is 23.4 Å². The Morgan fingerprint density at radius 3 is 2.91 bits per heavy atom. The van der Waals surface area contributed by atoms with Crippen LogP contribution in [0.2, 0.25) is 5.02 Å². The van der Waals surface area contributed by atoms with E-state index in [4.69, 9.17) is 16.6 Å². The van der Waals surface area contributed by atoms with Crippen LogP contribution in [-0.4, -0.2) is 26.8 Å². The third-order valence-electron chi connectivity index (χ3n) is 4.07. The lowest BCUT2D eigenvalue weighted by molar-refractivity contribution is 0.321. The number of aliphatic imine (C=N–C) groups is 1. The first kappa shape index (κ1) is 14.1. The summed E-state index contributed by atoms with van der Waals surface area (Å²) in [4.78, 5) is 11.9. The van der Waals surface area contributed by atoms with Crippen molar-refractivity contribution < 1.29 is 0 Å². The van der Waals surface area contributed by atoms with Crippen molar-refractivity contribution in [1.82, 2.24) is 9.88 Å². The summed E-state index contributed by atoms with van der Waals surface area (Å²) in [5.41, 5.74) is 2.22. The monoisotopic (exact) mass is 329 g/mol. The lowest BCUT2D eigenvalue weighted by Crippen LogP contribution is -2.28. The Bertz CT molecular complexity index is 719. The average molecular weight is 330 g/mol. The molecule has 3 nitrogen and oxygen atoms in total. The number of hydrogen-bond acceptors (Lipinski definition) is 4. The maximum Gasteiger partial charge on any atom is 0.160 e. The van der Waals surface area contributed by atoms with Crippen LogP contribution in [0.15, 0.2) is 53.7 Å². The molecule has 2 aliphatic rings. The Hall–Kier alpha value is -1.52. The molecule has 1 aromatic heterocycles. The summed E-state index contributed by atoms with van der Waals surface area (Å²) >= 11 is 8.06. The lowest BCUT2D eigenvalue weighted by atomic mass is 9.96. The van der Waals surface area contributed by atoms with E-state index in [9.17, 15) is 0 Å². The maximum absolute atomic E-state index is 6.21. The summed E-state index contributed by atoms with van der Waals surface area (Å²) in [5, 5.41) is 2.48. The lowest BCUT2D eigenvalue weighted by Gasteiger charge is -2.27. The topological polar surface area (TPSA) is 28.5 Å². The van der Waals surface area contributed by atoms with Gasteiger partial charge in [0.05, 0.1) is 11.7 Å². The van der Waals surface area contributed by atoms with E-state index in [1.165, 1.54) is 5.56 Å². The van der Waals surface area contributed by atoms with Gasteiger partial charge in [-0.3, -0.25) is 9.98 Å². The molecule has 0 amide bonds. The summed E-state index contributed by atoms with van der Waals surface area (Å²) in [6.07, 6.45) is 1.84. The standard InChI is InChI=1S/C17H16ClN3S/c1-11-10-21-16(12-5-4-6-13(18)9-12)15(20-17(21)22-11)14-7-2-3-8-19-14/h2-9,11,15-16H,10H2,1H3/t11-,15-,16-/m1/s1. The van der Waals surface area contributed by atoms with E-state index in [2.05, 4.69) is 28.9 Å². The Labute approximate surface area is 139 Å². The number of aromatic nitrogens is 1. The van der Waals surface area contributed by atoms with Crippen molar-refractivity contribution in [2.24, 2.45) is 4.99 Å². The van der Waals surface area contributed by atoms with Gasteiger partial charge in [-0.25, -0.2) is 0 Å². The highest BCUT2D eigenvalue weighted by Crippen LogP contribution is 2.47. The largest absolute Gasteiger partial charge is 0.341 e. The highest BCUT2D eigenvalue weighted by Gasteiger charge is 2.43. The second kappa shape index (κ2) is 5.60. The molecule has 0 aliphatic carbocycles. The van der Waals surface area contributed by atoms with Crippen molar-refractivity contribution in [3.63, 3.8) is 0 Å².